The van der Waals surface area contributed by atoms with Crippen molar-refractivity contribution in [1.82, 2.24) is 15.2 Å². The summed E-state index contributed by atoms with van der Waals surface area (Å²) in [5.41, 5.74) is 7.08. The smallest absolute Gasteiger partial charge is 0.227 e. The highest BCUT2D eigenvalue weighted by molar-refractivity contribution is 6.31. The van der Waals surface area contributed by atoms with Crippen LogP contribution in [0.25, 0.3) is 5.70 Å². The fourth-order valence-corrected chi connectivity index (χ4v) is 4.57. The number of piperazine rings is 1. The molecule has 0 radical (unpaired) electrons. The molecule has 2 aromatic rings. The average molecular weight is 420 g/mol. The quantitative estimate of drug-likeness (QED) is 0.786. The minimum absolute atomic E-state index is 0.733. The Balaban J connectivity index is 1.60. The number of nitrogens with zero attached hydrogens (tertiary/aromatic N) is 4. The predicted octanol–water partition coefficient (Wildman–Crippen LogP) is 4.67. The van der Waals surface area contributed by atoms with Crippen LogP contribution in [0.3, 0.4) is 0 Å². The van der Waals surface area contributed by atoms with Gasteiger partial charge in [0.15, 0.2) is 0 Å². The lowest BCUT2D eigenvalue weighted by Gasteiger charge is -2.40. The van der Waals surface area contributed by atoms with Crippen molar-refractivity contribution in [3.05, 3.63) is 70.3 Å². The number of hydrogen-bond acceptors (Lipinski definition) is 5. The zero-order valence-electron chi connectivity index (χ0n) is 17.2. The number of hydrogen-bond donors (Lipinski definition) is 1. The zero-order valence-corrected chi connectivity index (χ0v) is 18.0. The van der Waals surface area contributed by atoms with Crippen LogP contribution in [0.4, 0.5) is 5.69 Å². The molecule has 5 nitrogen and oxygen atoms in total. The highest BCUT2D eigenvalue weighted by Crippen LogP contribution is 2.42. The summed E-state index contributed by atoms with van der Waals surface area (Å²) < 4.78 is 0. The maximum Gasteiger partial charge on any atom is 0.227 e. The molecular weight excluding hydrogens is 394 g/mol. The minimum atomic E-state index is 0.733. The Morgan fingerprint density at radius 3 is 2.63 bits per heavy atom. The van der Waals surface area contributed by atoms with E-state index in [2.05, 4.69) is 52.5 Å². The van der Waals surface area contributed by atoms with E-state index in [9.17, 15) is 0 Å². The third-order valence-corrected chi connectivity index (χ3v) is 6.14. The van der Waals surface area contributed by atoms with Gasteiger partial charge < -0.3 is 10.2 Å². The summed E-state index contributed by atoms with van der Waals surface area (Å²) in [6.45, 7) is 6.00. The van der Waals surface area contributed by atoms with E-state index in [1.807, 2.05) is 18.2 Å². The van der Waals surface area contributed by atoms with Crippen LogP contribution in [0, 0.1) is 0 Å². The monoisotopic (exact) mass is 419 g/mol. The fraction of sp³-hybridized carbons (Fsp3) is 0.333. The van der Waals surface area contributed by atoms with Gasteiger partial charge in [0.05, 0.1) is 11.4 Å². The molecular formula is C24H26ClN5. The van der Waals surface area contributed by atoms with Gasteiger partial charge in [-0.05, 0) is 35.8 Å². The summed E-state index contributed by atoms with van der Waals surface area (Å²) in [6, 6.07) is 16.6. The number of nitrogens with one attached hydrogen (secondary N) is 1. The van der Waals surface area contributed by atoms with Crippen molar-refractivity contribution in [2.24, 2.45) is 10.1 Å². The van der Waals surface area contributed by atoms with Crippen LogP contribution in [0.5, 0.6) is 0 Å². The Morgan fingerprint density at radius 1 is 1.07 bits per heavy atom. The lowest BCUT2D eigenvalue weighted by molar-refractivity contribution is 0.322. The number of hydrazone groups is 1. The molecule has 3 heterocycles. The molecule has 154 valence electrons. The molecule has 3 aliphatic heterocycles. The van der Waals surface area contributed by atoms with E-state index in [-0.39, 0.29) is 0 Å². The number of rotatable bonds is 3. The molecule has 0 unspecified atom stereocenters. The van der Waals surface area contributed by atoms with Crippen LogP contribution in [0.15, 0.2) is 64.2 Å². The van der Waals surface area contributed by atoms with Crippen LogP contribution in [0.2, 0.25) is 5.02 Å². The zero-order chi connectivity index (χ0) is 20.5. The van der Waals surface area contributed by atoms with Gasteiger partial charge in [0.1, 0.15) is 0 Å². The van der Waals surface area contributed by atoms with E-state index in [4.69, 9.17) is 21.7 Å². The molecule has 0 saturated carbocycles. The Hall–Kier alpha value is -2.63. The first-order valence-corrected chi connectivity index (χ1v) is 11.1. The van der Waals surface area contributed by atoms with Crippen molar-refractivity contribution in [2.45, 2.75) is 26.2 Å². The molecule has 0 spiro atoms. The topological polar surface area (TPSA) is 43.2 Å². The van der Waals surface area contributed by atoms with Gasteiger partial charge in [0.2, 0.25) is 5.96 Å². The van der Waals surface area contributed by atoms with Crippen molar-refractivity contribution in [3.63, 3.8) is 0 Å². The van der Waals surface area contributed by atoms with Gasteiger partial charge in [-0.25, -0.2) is 4.99 Å². The molecule has 5 rings (SSSR count). The molecule has 3 aliphatic rings. The summed E-state index contributed by atoms with van der Waals surface area (Å²) >= 11 is 6.38. The van der Waals surface area contributed by atoms with Crippen molar-refractivity contribution in [1.29, 1.82) is 0 Å². The van der Waals surface area contributed by atoms with E-state index in [1.165, 1.54) is 16.8 Å². The van der Waals surface area contributed by atoms with Gasteiger partial charge in [-0.2, -0.15) is 10.1 Å². The van der Waals surface area contributed by atoms with Crippen molar-refractivity contribution in [3.8, 4) is 0 Å². The average Bonchev–Trinajstić information content (AvgIpc) is 2.79. The Bertz CT molecular complexity index is 1030. The van der Waals surface area contributed by atoms with Gasteiger partial charge in [0.25, 0.3) is 0 Å². The van der Waals surface area contributed by atoms with E-state index >= 15 is 0 Å². The van der Waals surface area contributed by atoms with Crippen LogP contribution < -0.4 is 5.32 Å². The summed E-state index contributed by atoms with van der Waals surface area (Å²) in [5.74, 6) is 0.928. The molecule has 2 aromatic carbocycles. The van der Waals surface area contributed by atoms with Crippen LogP contribution in [-0.2, 0) is 6.42 Å². The Morgan fingerprint density at radius 2 is 1.87 bits per heavy atom. The highest BCUT2D eigenvalue weighted by Gasteiger charge is 2.34. The summed E-state index contributed by atoms with van der Waals surface area (Å²) in [5, 5.41) is 11.4. The highest BCUT2D eigenvalue weighted by atomic mass is 35.5. The third-order valence-electron chi connectivity index (χ3n) is 5.91. The second-order valence-corrected chi connectivity index (χ2v) is 8.37. The van der Waals surface area contributed by atoms with Gasteiger partial charge in [-0.3, -0.25) is 0 Å². The van der Waals surface area contributed by atoms with Crippen LogP contribution >= 0.6 is 11.6 Å². The van der Waals surface area contributed by atoms with Gasteiger partial charge >= 0.3 is 0 Å². The molecule has 0 aromatic heterocycles. The van der Waals surface area contributed by atoms with E-state index in [0.29, 0.717) is 0 Å². The number of aliphatic imine (C=N–C) groups is 1. The molecule has 0 bridgehead atoms. The molecule has 0 amide bonds. The second kappa shape index (κ2) is 8.25. The molecule has 1 saturated heterocycles. The Kier molecular flexibility index (Phi) is 5.32. The first-order chi connectivity index (χ1) is 14.7. The summed E-state index contributed by atoms with van der Waals surface area (Å²) in [6.07, 6.45) is 2.71. The SMILES string of the molecule is CCC1=C2c3cc(Cl)ccc3N=C(N3CCNCC3)N2N=C(Cc2ccccc2)C1. The lowest BCUT2D eigenvalue weighted by Crippen LogP contribution is -2.52. The first kappa shape index (κ1) is 19.3. The van der Waals surface area contributed by atoms with Gasteiger partial charge in [0, 0.05) is 55.3 Å². The molecule has 6 heteroatoms. The summed E-state index contributed by atoms with van der Waals surface area (Å²) in [4.78, 5) is 7.39. The van der Waals surface area contributed by atoms with Crippen molar-refractivity contribution >= 4 is 34.7 Å². The number of allylic oxidation sites excluding steroid dienone is 1. The lowest BCUT2D eigenvalue weighted by atomic mass is 9.93. The van der Waals surface area contributed by atoms with Crippen molar-refractivity contribution in [2.75, 3.05) is 26.2 Å². The number of fused-ring (bicyclic) bond motifs is 3. The Labute approximate surface area is 182 Å². The number of halogens is 1. The molecule has 1 N–H and O–H groups in total. The standard InChI is InChI=1S/C24H26ClN5/c1-2-18-15-20(14-17-6-4-3-5-7-17)28-30-23(18)21-16-19(25)8-9-22(21)27-24(30)29-12-10-26-11-13-29/h3-9,16,26H,2,10-15H2,1H3. The van der Waals surface area contributed by atoms with E-state index in [0.717, 1.165) is 73.4 Å². The van der Waals surface area contributed by atoms with Crippen molar-refractivity contribution < 1.29 is 0 Å². The molecule has 0 aliphatic carbocycles. The fourth-order valence-electron chi connectivity index (χ4n) is 4.40. The van der Waals surface area contributed by atoms with Crippen LogP contribution in [0.1, 0.15) is 30.9 Å². The van der Waals surface area contributed by atoms with E-state index < -0.39 is 0 Å². The second-order valence-electron chi connectivity index (χ2n) is 7.93. The third kappa shape index (κ3) is 3.64. The first-order valence-electron chi connectivity index (χ1n) is 10.7. The molecule has 1 fully saturated rings. The summed E-state index contributed by atoms with van der Waals surface area (Å²) in [7, 11) is 0. The predicted molar refractivity (Wildman–Crippen MR) is 124 cm³/mol. The normalized spacial score (nSPS) is 18.6. The maximum absolute atomic E-state index is 6.38. The van der Waals surface area contributed by atoms with Gasteiger partial charge in [-0.1, -0.05) is 48.9 Å². The van der Waals surface area contributed by atoms with E-state index in [1.54, 1.807) is 0 Å². The number of guanidine groups is 1. The van der Waals surface area contributed by atoms with Crippen LogP contribution in [-0.4, -0.2) is 47.8 Å². The maximum atomic E-state index is 6.38. The minimum Gasteiger partial charge on any atom is -0.338 e. The largest absolute Gasteiger partial charge is 0.338 e. The van der Waals surface area contributed by atoms with Gasteiger partial charge in [-0.15, -0.1) is 0 Å². The molecule has 0 atom stereocenters. The molecule has 30 heavy (non-hydrogen) atoms. The number of benzene rings is 2.